The van der Waals surface area contributed by atoms with Crippen molar-refractivity contribution < 1.29 is 13.9 Å². The van der Waals surface area contributed by atoms with E-state index in [1.165, 1.54) is 12.1 Å². The number of ether oxygens (including phenoxy) is 2. The summed E-state index contributed by atoms with van der Waals surface area (Å²) in [6.45, 7) is 0.319. The average Bonchev–Trinajstić information content (AvgIpc) is 3.21. The van der Waals surface area contributed by atoms with Gasteiger partial charge in [-0.05, 0) is 69.5 Å². The van der Waals surface area contributed by atoms with E-state index in [9.17, 15) is 9.65 Å². The number of nitrogens with zero attached hydrogens (tertiary/aromatic N) is 2. The van der Waals surface area contributed by atoms with Crippen molar-refractivity contribution in [1.29, 1.82) is 5.26 Å². The number of allylic oxidation sites excluding steroid dienone is 1. The number of imidazole rings is 1. The minimum atomic E-state index is -0.280. The van der Waals surface area contributed by atoms with Crippen LogP contribution in [0.25, 0.3) is 22.7 Å². The maximum absolute atomic E-state index is 13.0. The van der Waals surface area contributed by atoms with Gasteiger partial charge in [0.1, 0.15) is 35.8 Å². The van der Waals surface area contributed by atoms with Gasteiger partial charge in [-0.2, -0.15) is 5.26 Å². The maximum Gasteiger partial charge on any atom is 0.149 e. The normalized spacial score (nSPS) is 11.4. The molecule has 0 aliphatic heterocycles. The Kier molecular flexibility index (Phi) is 6.01. The Morgan fingerprint density at radius 2 is 1.97 bits per heavy atom. The molecule has 4 rings (SSSR count). The Hall–Kier alpha value is -3.63. The molecular weight excluding hydrogens is 461 g/mol. The molecule has 7 heteroatoms. The lowest BCUT2D eigenvalue weighted by Crippen LogP contribution is -1.96. The molecule has 1 N–H and O–H groups in total. The number of hydrogen-bond donors (Lipinski definition) is 1. The maximum atomic E-state index is 13.0. The molecule has 4 aromatic rings. The first-order valence-electron chi connectivity index (χ1n) is 9.38. The Balaban J connectivity index is 1.55. The molecule has 0 saturated heterocycles. The van der Waals surface area contributed by atoms with E-state index < -0.39 is 0 Å². The van der Waals surface area contributed by atoms with E-state index in [0.717, 1.165) is 26.6 Å². The monoisotopic (exact) mass is 477 g/mol. The predicted molar refractivity (Wildman–Crippen MR) is 121 cm³/mol. The second-order valence-corrected chi connectivity index (χ2v) is 7.60. The summed E-state index contributed by atoms with van der Waals surface area (Å²) < 4.78 is 24.8. The van der Waals surface area contributed by atoms with Crippen LogP contribution < -0.4 is 9.47 Å². The molecule has 0 amide bonds. The van der Waals surface area contributed by atoms with E-state index in [2.05, 4.69) is 32.0 Å². The number of benzene rings is 3. The lowest BCUT2D eigenvalue weighted by Gasteiger charge is -2.09. The molecule has 0 spiro atoms. The van der Waals surface area contributed by atoms with Gasteiger partial charge in [-0.1, -0.05) is 18.2 Å². The van der Waals surface area contributed by atoms with Crippen LogP contribution in [0.5, 0.6) is 11.5 Å². The van der Waals surface area contributed by atoms with Crippen molar-refractivity contribution in [2.75, 3.05) is 7.11 Å². The Labute approximate surface area is 186 Å². The van der Waals surface area contributed by atoms with Crippen molar-refractivity contribution >= 4 is 38.6 Å². The molecule has 0 bridgehead atoms. The fourth-order valence-corrected chi connectivity index (χ4v) is 3.54. The fourth-order valence-electron chi connectivity index (χ4n) is 3.03. The number of halogens is 2. The second-order valence-electron chi connectivity index (χ2n) is 6.74. The highest BCUT2D eigenvalue weighted by Gasteiger charge is 2.10. The number of nitrogens with one attached hydrogen (secondary N) is 1. The minimum absolute atomic E-state index is 0.280. The largest absolute Gasteiger partial charge is 0.497 e. The summed E-state index contributed by atoms with van der Waals surface area (Å²) in [6, 6.07) is 19.4. The molecule has 31 heavy (non-hydrogen) atoms. The van der Waals surface area contributed by atoms with Crippen molar-refractivity contribution in [2.45, 2.75) is 6.61 Å². The molecule has 0 saturated carbocycles. The van der Waals surface area contributed by atoms with E-state index in [-0.39, 0.29) is 5.82 Å². The van der Waals surface area contributed by atoms with Crippen LogP contribution in [0.1, 0.15) is 17.0 Å². The third-order valence-electron chi connectivity index (χ3n) is 4.64. The van der Waals surface area contributed by atoms with Crippen LogP contribution in [0.3, 0.4) is 0 Å². The molecule has 0 fully saturated rings. The Bertz CT molecular complexity index is 1310. The average molecular weight is 478 g/mol. The molecule has 3 aromatic carbocycles. The first-order chi connectivity index (χ1) is 15.1. The standard InChI is InChI=1S/C24H17BrFN3O2/c1-30-19-7-8-21-22(12-19)29-24(28-21)17(13-27)10-16-4-9-23(20(25)11-16)31-14-15-2-5-18(26)6-3-15/h2-12H,14H2,1H3,(H,28,29)/b17-10+. The molecule has 1 heterocycles. The summed E-state index contributed by atoms with van der Waals surface area (Å²) in [6.07, 6.45) is 1.75. The van der Waals surface area contributed by atoms with E-state index in [1.807, 2.05) is 36.4 Å². The lowest BCUT2D eigenvalue weighted by atomic mass is 10.1. The number of methoxy groups -OCH3 is 1. The molecular formula is C24H17BrFN3O2. The summed E-state index contributed by atoms with van der Waals surface area (Å²) in [4.78, 5) is 7.66. The summed E-state index contributed by atoms with van der Waals surface area (Å²) in [5, 5.41) is 9.65. The summed E-state index contributed by atoms with van der Waals surface area (Å²) in [7, 11) is 1.60. The first-order valence-corrected chi connectivity index (χ1v) is 10.2. The van der Waals surface area contributed by atoms with Crippen molar-refractivity contribution in [3.8, 4) is 17.6 Å². The number of aromatic amines is 1. The molecule has 5 nitrogen and oxygen atoms in total. The third-order valence-corrected chi connectivity index (χ3v) is 5.26. The van der Waals surface area contributed by atoms with Crippen molar-refractivity contribution in [3.05, 3.63) is 87.9 Å². The van der Waals surface area contributed by atoms with Gasteiger partial charge in [0.2, 0.25) is 0 Å². The van der Waals surface area contributed by atoms with Crippen LogP contribution in [0.2, 0.25) is 0 Å². The van der Waals surface area contributed by atoms with Crippen molar-refractivity contribution in [2.24, 2.45) is 0 Å². The Morgan fingerprint density at radius 1 is 1.16 bits per heavy atom. The van der Waals surface area contributed by atoms with Gasteiger partial charge in [0.25, 0.3) is 0 Å². The number of aromatic nitrogens is 2. The summed E-state index contributed by atoms with van der Waals surface area (Å²) in [5.41, 5.74) is 3.63. The molecule has 0 atom stereocenters. The first kappa shape index (κ1) is 20.6. The molecule has 0 aliphatic rings. The van der Waals surface area contributed by atoms with Crippen LogP contribution in [-0.2, 0) is 6.61 Å². The van der Waals surface area contributed by atoms with Gasteiger partial charge < -0.3 is 14.5 Å². The van der Waals surface area contributed by atoms with E-state index in [1.54, 1.807) is 25.3 Å². The van der Waals surface area contributed by atoms with Gasteiger partial charge >= 0.3 is 0 Å². The zero-order valence-electron chi connectivity index (χ0n) is 16.5. The highest BCUT2D eigenvalue weighted by Crippen LogP contribution is 2.29. The fraction of sp³-hybridized carbons (Fsp3) is 0.0833. The molecule has 0 aliphatic carbocycles. The minimum Gasteiger partial charge on any atom is -0.497 e. The highest BCUT2D eigenvalue weighted by molar-refractivity contribution is 9.10. The van der Waals surface area contributed by atoms with Gasteiger partial charge in [0.15, 0.2) is 0 Å². The number of hydrogen-bond acceptors (Lipinski definition) is 4. The van der Waals surface area contributed by atoms with Crippen molar-refractivity contribution in [1.82, 2.24) is 9.97 Å². The number of rotatable bonds is 6. The predicted octanol–water partition coefficient (Wildman–Crippen LogP) is 6.12. The van der Waals surface area contributed by atoms with Crippen LogP contribution in [0, 0.1) is 17.1 Å². The number of fused-ring (bicyclic) bond motifs is 1. The van der Waals surface area contributed by atoms with Gasteiger partial charge in [-0.15, -0.1) is 0 Å². The topological polar surface area (TPSA) is 70.9 Å². The van der Waals surface area contributed by atoms with Gasteiger partial charge in [-0.3, -0.25) is 0 Å². The smallest absolute Gasteiger partial charge is 0.149 e. The molecule has 1 aromatic heterocycles. The summed E-state index contributed by atoms with van der Waals surface area (Å²) in [5.74, 6) is 1.57. The number of H-pyrrole nitrogens is 1. The Morgan fingerprint density at radius 3 is 2.68 bits per heavy atom. The van der Waals surface area contributed by atoms with Gasteiger partial charge in [0, 0.05) is 6.07 Å². The van der Waals surface area contributed by atoms with Crippen LogP contribution in [0.4, 0.5) is 4.39 Å². The lowest BCUT2D eigenvalue weighted by molar-refractivity contribution is 0.304. The zero-order chi connectivity index (χ0) is 21.8. The highest BCUT2D eigenvalue weighted by atomic mass is 79.9. The second kappa shape index (κ2) is 9.02. The van der Waals surface area contributed by atoms with Crippen LogP contribution in [0.15, 0.2) is 65.1 Å². The van der Waals surface area contributed by atoms with E-state index >= 15 is 0 Å². The van der Waals surface area contributed by atoms with E-state index in [0.29, 0.717) is 29.5 Å². The zero-order valence-corrected chi connectivity index (χ0v) is 18.1. The van der Waals surface area contributed by atoms with Crippen LogP contribution in [-0.4, -0.2) is 17.1 Å². The SMILES string of the molecule is COc1ccc2nc(/C(C#N)=C/c3ccc(OCc4ccc(F)cc4)c(Br)c3)[nH]c2c1. The molecule has 0 unspecified atom stereocenters. The quantitative estimate of drug-likeness (QED) is 0.339. The van der Waals surface area contributed by atoms with Crippen molar-refractivity contribution in [3.63, 3.8) is 0 Å². The summed E-state index contributed by atoms with van der Waals surface area (Å²) >= 11 is 3.51. The number of nitriles is 1. The van der Waals surface area contributed by atoms with Gasteiger partial charge in [0.05, 0.1) is 28.2 Å². The molecule has 154 valence electrons. The molecule has 0 radical (unpaired) electrons. The third kappa shape index (κ3) is 4.76. The van der Waals surface area contributed by atoms with Crippen LogP contribution >= 0.6 is 15.9 Å². The van der Waals surface area contributed by atoms with Gasteiger partial charge in [-0.25, -0.2) is 9.37 Å². The van der Waals surface area contributed by atoms with E-state index in [4.69, 9.17) is 9.47 Å².